The minimum absolute atomic E-state index is 0.0506. The lowest BCUT2D eigenvalue weighted by Crippen LogP contribution is -2.54. The van der Waals surface area contributed by atoms with Crippen molar-refractivity contribution in [2.75, 3.05) is 10.8 Å². The molecule has 0 fully saturated rings. The standard InChI is InChI=1S/C35H38ClN3O4S/c1-25(2)37-35(41)33(22-28-11-6-5-7-12-28)38(23-29-13-9-8-10-27(29)4)34(40)24-39(31-18-16-30(36)17-19-31)44(42,43)32-20-14-26(3)15-21-32/h5-21,25,33H,22-24H2,1-4H3,(H,37,41)/t33-/m0/s1. The zero-order chi connectivity index (χ0) is 31.9. The van der Waals surface area contributed by atoms with Gasteiger partial charge in [-0.25, -0.2) is 8.42 Å². The van der Waals surface area contributed by atoms with Crippen molar-refractivity contribution in [3.05, 3.63) is 130 Å². The number of halogens is 1. The predicted octanol–water partition coefficient (Wildman–Crippen LogP) is 6.32. The van der Waals surface area contributed by atoms with E-state index in [0.717, 1.165) is 26.6 Å². The minimum atomic E-state index is -4.17. The molecule has 1 N–H and O–H groups in total. The van der Waals surface area contributed by atoms with E-state index in [1.54, 1.807) is 36.4 Å². The molecule has 0 unspecified atom stereocenters. The van der Waals surface area contributed by atoms with Gasteiger partial charge in [0.1, 0.15) is 12.6 Å². The van der Waals surface area contributed by atoms with Gasteiger partial charge in [0.05, 0.1) is 10.6 Å². The second-order valence-electron chi connectivity index (χ2n) is 11.1. The summed E-state index contributed by atoms with van der Waals surface area (Å²) >= 11 is 6.13. The Labute approximate surface area is 265 Å². The van der Waals surface area contributed by atoms with Gasteiger partial charge in [-0.3, -0.25) is 13.9 Å². The highest BCUT2D eigenvalue weighted by molar-refractivity contribution is 7.92. The van der Waals surface area contributed by atoms with E-state index in [2.05, 4.69) is 5.32 Å². The van der Waals surface area contributed by atoms with Crippen LogP contribution in [-0.4, -0.2) is 43.8 Å². The molecule has 9 heteroatoms. The van der Waals surface area contributed by atoms with Crippen LogP contribution in [0.15, 0.2) is 108 Å². The number of nitrogens with one attached hydrogen (secondary N) is 1. The molecule has 2 amide bonds. The smallest absolute Gasteiger partial charge is 0.264 e. The van der Waals surface area contributed by atoms with Crippen LogP contribution < -0.4 is 9.62 Å². The summed E-state index contributed by atoms with van der Waals surface area (Å²) in [4.78, 5) is 29.8. The number of nitrogens with zero attached hydrogens (tertiary/aromatic N) is 2. The number of anilines is 1. The first-order valence-electron chi connectivity index (χ1n) is 14.5. The van der Waals surface area contributed by atoms with Crippen LogP contribution in [0.2, 0.25) is 5.02 Å². The number of sulfonamides is 1. The number of rotatable bonds is 12. The Bertz CT molecular complexity index is 1680. The van der Waals surface area contributed by atoms with Crippen LogP contribution in [0, 0.1) is 13.8 Å². The van der Waals surface area contributed by atoms with Gasteiger partial charge in [0.2, 0.25) is 11.8 Å². The van der Waals surface area contributed by atoms with Crippen LogP contribution in [0.3, 0.4) is 0 Å². The van der Waals surface area contributed by atoms with Crippen molar-refractivity contribution in [2.24, 2.45) is 0 Å². The third-order valence-electron chi connectivity index (χ3n) is 7.31. The van der Waals surface area contributed by atoms with Gasteiger partial charge in [-0.2, -0.15) is 0 Å². The van der Waals surface area contributed by atoms with Gasteiger partial charge < -0.3 is 10.2 Å². The summed E-state index contributed by atoms with van der Waals surface area (Å²) in [6.07, 6.45) is 0.253. The Balaban J connectivity index is 1.81. The number of hydrogen-bond donors (Lipinski definition) is 1. The summed E-state index contributed by atoms with van der Waals surface area (Å²) in [6, 6.07) is 28.8. The average Bonchev–Trinajstić information content (AvgIpc) is 2.99. The lowest BCUT2D eigenvalue weighted by atomic mass is 10.0. The Hall–Kier alpha value is -4.14. The van der Waals surface area contributed by atoms with Crippen molar-refractivity contribution >= 4 is 39.1 Å². The highest BCUT2D eigenvalue weighted by Gasteiger charge is 2.35. The molecule has 230 valence electrons. The largest absolute Gasteiger partial charge is 0.352 e. The van der Waals surface area contributed by atoms with Crippen molar-refractivity contribution in [1.29, 1.82) is 0 Å². The molecule has 0 bridgehead atoms. The van der Waals surface area contributed by atoms with Gasteiger partial charge in [0.25, 0.3) is 10.0 Å². The molecular formula is C35H38ClN3O4S. The first-order chi connectivity index (χ1) is 21.0. The third kappa shape index (κ3) is 8.27. The topological polar surface area (TPSA) is 86.8 Å². The number of amides is 2. The molecule has 0 aliphatic rings. The summed E-state index contributed by atoms with van der Waals surface area (Å²) < 4.78 is 29.2. The van der Waals surface area contributed by atoms with Gasteiger partial charge in [-0.15, -0.1) is 0 Å². The van der Waals surface area contributed by atoms with E-state index >= 15 is 0 Å². The average molecular weight is 632 g/mol. The fraction of sp³-hybridized carbons (Fsp3) is 0.257. The molecule has 7 nitrogen and oxygen atoms in total. The van der Waals surface area contributed by atoms with Crippen molar-refractivity contribution in [2.45, 2.75) is 57.6 Å². The van der Waals surface area contributed by atoms with Crippen LogP contribution >= 0.6 is 11.6 Å². The molecule has 4 aromatic rings. The molecule has 0 heterocycles. The lowest BCUT2D eigenvalue weighted by molar-refractivity contribution is -0.140. The van der Waals surface area contributed by atoms with Crippen molar-refractivity contribution in [3.63, 3.8) is 0 Å². The molecule has 4 aromatic carbocycles. The Morgan fingerprint density at radius 1 is 0.818 bits per heavy atom. The minimum Gasteiger partial charge on any atom is -0.352 e. The number of hydrogen-bond acceptors (Lipinski definition) is 4. The maximum absolute atomic E-state index is 14.5. The van der Waals surface area contributed by atoms with Crippen LogP contribution in [0.4, 0.5) is 5.69 Å². The van der Waals surface area contributed by atoms with Crippen molar-refractivity contribution in [3.8, 4) is 0 Å². The highest BCUT2D eigenvalue weighted by Crippen LogP contribution is 2.27. The second kappa shape index (κ2) is 14.6. The normalized spacial score (nSPS) is 12.0. The molecule has 44 heavy (non-hydrogen) atoms. The summed E-state index contributed by atoms with van der Waals surface area (Å²) in [5, 5.41) is 3.40. The SMILES string of the molecule is Cc1ccc(S(=O)(=O)N(CC(=O)N(Cc2ccccc2C)[C@@H](Cc2ccccc2)C(=O)NC(C)C)c2ccc(Cl)cc2)cc1. The fourth-order valence-electron chi connectivity index (χ4n) is 4.88. The molecule has 0 aliphatic carbocycles. The number of benzene rings is 4. The molecule has 4 rings (SSSR count). The Morgan fingerprint density at radius 3 is 2.05 bits per heavy atom. The van der Waals surface area contributed by atoms with Gasteiger partial charge >= 0.3 is 0 Å². The fourth-order valence-corrected chi connectivity index (χ4v) is 6.42. The zero-order valence-electron chi connectivity index (χ0n) is 25.4. The Morgan fingerprint density at radius 2 is 1.43 bits per heavy atom. The first-order valence-corrected chi connectivity index (χ1v) is 16.3. The van der Waals surface area contributed by atoms with Gasteiger partial charge in [-0.05, 0) is 80.8 Å². The summed E-state index contributed by atoms with van der Waals surface area (Å²) in [5.41, 5.74) is 3.87. The molecule has 0 aromatic heterocycles. The van der Waals surface area contributed by atoms with Crippen LogP contribution in [0.5, 0.6) is 0 Å². The molecule has 0 spiro atoms. The van der Waals surface area contributed by atoms with Gasteiger partial charge in [-0.1, -0.05) is 83.9 Å². The first kappa shape index (κ1) is 32.8. The zero-order valence-corrected chi connectivity index (χ0v) is 27.0. The maximum Gasteiger partial charge on any atom is 0.264 e. The van der Waals surface area contributed by atoms with Crippen molar-refractivity contribution in [1.82, 2.24) is 10.2 Å². The molecule has 0 radical (unpaired) electrons. The highest BCUT2D eigenvalue weighted by atomic mass is 35.5. The number of carbonyl (C=O) groups excluding carboxylic acids is 2. The van der Waals surface area contributed by atoms with E-state index in [1.807, 2.05) is 82.3 Å². The molecule has 0 aliphatic heterocycles. The predicted molar refractivity (Wildman–Crippen MR) is 176 cm³/mol. The van der Waals surface area contributed by atoms with E-state index in [-0.39, 0.29) is 35.5 Å². The van der Waals surface area contributed by atoms with E-state index in [0.29, 0.717) is 5.02 Å². The third-order valence-corrected chi connectivity index (χ3v) is 9.35. The maximum atomic E-state index is 14.5. The number of carbonyl (C=O) groups is 2. The van der Waals surface area contributed by atoms with Crippen molar-refractivity contribution < 1.29 is 18.0 Å². The summed E-state index contributed by atoms with van der Waals surface area (Å²) in [5.74, 6) is -0.830. The monoisotopic (exact) mass is 631 g/mol. The molecular weight excluding hydrogens is 594 g/mol. The van der Waals surface area contributed by atoms with E-state index in [1.165, 1.54) is 17.0 Å². The quantitative estimate of drug-likeness (QED) is 0.198. The number of aryl methyl sites for hydroxylation is 2. The van der Waals surface area contributed by atoms with Crippen LogP contribution in [0.25, 0.3) is 0 Å². The van der Waals surface area contributed by atoms with E-state index in [4.69, 9.17) is 11.6 Å². The lowest BCUT2D eigenvalue weighted by Gasteiger charge is -2.34. The van der Waals surface area contributed by atoms with Gasteiger partial charge in [0.15, 0.2) is 0 Å². The molecule has 1 atom stereocenters. The summed E-state index contributed by atoms with van der Waals surface area (Å²) in [6.45, 7) is 7.13. The molecule has 0 saturated heterocycles. The molecule has 0 saturated carbocycles. The van der Waals surface area contributed by atoms with E-state index < -0.39 is 28.5 Å². The van der Waals surface area contributed by atoms with E-state index in [9.17, 15) is 18.0 Å². The van der Waals surface area contributed by atoms with Crippen LogP contribution in [0.1, 0.15) is 36.1 Å². The van der Waals surface area contributed by atoms with Crippen LogP contribution in [-0.2, 0) is 32.6 Å². The van der Waals surface area contributed by atoms with Gasteiger partial charge in [0, 0.05) is 24.0 Å². The summed E-state index contributed by atoms with van der Waals surface area (Å²) in [7, 11) is -4.17. The second-order valence-corrected chi connectivity index (χ2v) is 13.4. The Kier molecular flexibility index (Phi) is 10.8.